The summed E-state index contributed by atoms with van der Waals surface area (Å²) in [5.74, 6) is 0.736. The smallest absolute Gasteiger partial charge is 0.0474 e. The summed E-state index contributed by atoms with van der Waals surface area (Å²) >= 11 is 6.07. The molecule has 1 atom stereocenters. The van der Waals surface area contributed by atoms with Crippen LogP contribution in [0, 0.1) is 12.8 Å². The number of rotatable bonds is 5. The molecule has 3 nitrogen and oxygen atoms in total. The second-order valence-corrected chi connectivity index (χ2v) is 6.92. The largest absolute Gasteiger partial charge is 0.329 e. The predicted octanol–water partition coefficient (Wildman–Crippen LogP) is 2.92. The molecule has 1 unspecified atom stereocenters. The molecule has 0 aliphatic carbocycles. The monoisotopic (exact) mass is 309 g/mol. The number of aryl methyl sites for hydroxylation is 1. The molecule has 1 aliphatic heterocycles. The van der Waals surface area contributed by atoms with Crippen molar-refractivity contribution in [2.24, 2.45) is 11.7 Å². The summed E-state index contributed by atoms with van der Waals surface area (Å²) < 4.78 is 0. The van der Waals surface area contributed by atoms with E-state index in [0.29, 0.717) is 12.6 Å². The number of piperazine rings is 1. The highest BCUT2D eigenvalue weighted by Gasteiger charge is 2.25. The van der Waals surface area contributed by atoms with E-state index in [1.54, 1.807) is 0 Å². The quantitative estimate of drug-likeness (QED) is 0.907. The maximum atomic E-state index is 6.07. The first-order valence-corrected chi connectivity index (χ1v) is 8.31. The molecule has 1 aromatic carbocycles. The van der Waals surface area contributed by atoms with Gasteiger partial charge >= 0.3 is 0 Å². The molecule has 1 saturated heterocycles. The van der Waals surface area contributed by atoms with Crippen LogP contribution in [0.25, 0.3) is 0 Å². The Balaban J connectivity index is 2.02. The summed E-state index contributed by atoms with van der Waals surface area (Å²) in [6.07, 6.45) is 0. The van der Waals surface area contributed by atoms with Gasteiger partial charge in [-0.2, -0.15) is 0 Å². The van der Waals surface area contributed by atoms with Crippen LogP contribution in [0.2, 0.25) is 5.02 Å². The van der Waals surface area contributed by atoms with Gasteiger partial charge in [0.2, 0.25) is 0 Å². The predicted molar refractivity (Wildman–Crippen MR) is 90.8 cm³/mol. The van der Waals surface area contributed by atoms with E-state index < -0.39 is 0 Å². The third-order valence-electron chi connectivity index (χ3n) is 4.29. The molecule has 1 aromatic rings. The van der Waals surface area contributed by atoms with Crippen LogP contribution in [-0.2, 0) is 0 Å². The zero-order chi connectivity index (χ0) is 15.4. The van der Waals surface area contributed by atoms with Crippen molar-refractivity contribution in [2.75, 3.05) is 39.3 Å². The van der Waals surface area contributed by atoms with Gasteiger partial charge in [-0.3, -0.25) is 4.90 Å². The summed E-state index contributed by atoms with van der Waals surface area (Å²) in [7, 11) is 0. The van der Waals surface area contributed by atoms with E-state index in [-0.39, 0.29) is 0 Å². The second-order valence-electron chi connectivity index (χ2n) is 6.48. The van der Waals surface area contributed by atoms with Crippen molar-refractivity contribution in [3.8, 4) is 0 Å². The van der Waals surface area contributed by atoms with Gasteiger partial charge in [-0.15, -0.1) is 0 Å². The molecule has 0 bridgehead atoms. The molecule has 2 N–H and O–H groups in total. The third-order valence-corrected chi connectivity index (χ3v) is 4.52. The van der Waals surface area contributed by atoms with Crippen LogP contribution in [0.4, 0.5) is 0 Å². The van der Waals surface area contributed by atoms with Gasteiger partial charge < -0.3 is 10.6 Å². The highest BCUT2D eigenvalue weighted by Crippen LogP contribution is 2.26. The van der Waals surface area contributed by atoms with Crippen molar-refractivity contribution in [2.45, 2.75) is 26.8 Å². The van der Waals surface area contributed by atoms with E-state index >= 15 is 0 Å². The van der Waals surface area contributed by atoms with Gasteiger partial charge in [-0.05, 0) is 36.1 Å². The van der Waals surface area contributed by atoms with Gasteiger partial charge in [0.15, 0.2) is 0 Å². The summed E-state index contributed by atoms with van der Waals surface area (Å²) in [6.45, 7) is 13.0. The summed E-state index contributed by atoms with van der Waals surface area (Å²) in [5, 5.41) is 0.800. The summed E-state index contributed by atoms with van der Waals surface area (Å²) in [5.41, 5.74) is 8.63. The lowest BCUT2D eigenvalue weighted by molar-refractivity contribution is 0.0910. The van der Waals surface area contributed by atoms with Crippen molar-refractivity contribution in [1.29, 1.82) is 0 Å². The minimum Gasteiger partial charge on any atom is -0.329 e. The number of nitrogens with zero attached hydrogens (tertiary/aromatic N) is 2. The van der Waals surface area contributed by atoms with Crippen molar-refractivity contribution in [1.82, 2.24) is 9.80 Å². The third kappa shape index (κ3) is 4.43. The van der Waals surface area contributed by atoms with Gasteiger partial charge in [0.1, 0.15) is 0 Å². The van der Waals surface area contributed by atoms with Crippen LogP contribution in [0.1, 0.15) is 31.0 Å². The van der Waals surface area contributed by atoms with Crippen LogP contribution < -0.4 is 5.73 Å². The molecule has 1 heterocycles. The highest BCUT2D eigenvalue weighted by molar-refractivity contribution is 6.30. The summed E-state index contributed by atoms with van der Waals surface area (Å²) in [6, 6.07) is 6.45. The van der Waals surface area contributed by atoms with Crippen LogP contribution in [-0.4, -0.2) is 49.1 Å². The lowest BCUT2D eigenvalue weighted by Gasteiger charge is -2.40. The minimum absolute atomic E-state index is 0.309. The topological polar surface area (TPSA) is 32.5 Å². The fraction of sp³-hybridized carbons (Fsp3) is 0.647. The molecular weight excluding hydrogens is 282 g/mol. The molecule has 4 heteroatoms. The van der Waals surface area contributed by atoms with Crippen LogP contribution in [0.5, 0.6) is 0 Å². The average molecular weight is 310 g/mol. The Bertz CT molecular complexity index is 453. The molecule has 0 aromatic heterocycles. The molecule has 1 aliphatic rings. The zero-order valence-corrected chi connectivity index (χ0v) is 14.2. The van der Waals surface area contributed by atoms with Crippen LogP contribution in [0.15, 0.2) is 18.2 Å². The average Bonchev–Trinajstić information content (AvgIpc) is 2.43. The molecule has 0 spiro atoms. The lowest BCUT2D eigenvalue weighted by atomic mass is 9.99. The lowest BCUT2D eigenvalue weighted by Crippen LogP contribution is -2.49. The molecule has 0 saturated carbocycles. The van der Waals surface area contributed by atoms with Crippen molar-refractivity contribution in [3.05, 3.63) is 34.3 Å². The Kier molecular flexibility index (Phi) is 6.06. The van der Waals surface area contributed by atoms with Crippen molar-refractivity contribution in [3.63, 3.8) is 0 Å². The maximum absolute atomic E-state index is 6.07. The number of nitrogens with two attached hydrogens (primary N) is 1. The first-order valence-electron chi connectivity index (χ1n) is 7.93. The van der Waals surface area contributed by atoms with Crippen molar-refractivity contribution < 1.29 is 0 Å². The van der Waals surface area contributed by atoms with Gasteiger partial charge in [0.25, 0.3) is 0 Å². The van der Waals surface area contributed by atoms with Gasteiger partial charge in [-0.25, -0.2) is 0 Å². The number of hydrogen-bond acceptors (Lipinski definition) is 3. The fourth-order valence-electron chi connectivity index (χ4n) is 3.26. The summed E-state index contributed by atoms with van der Waals surface area (Å²) in [4.78, 5) is 5.08. The Hall–Kier alpha value is -0.610. The van der Waals surface area contributed by atoms with Gasteiger partial charge in [-0.1, -0.05) is 31.5 Å². The SMILES string of the molecule is Cc1cc(Cl)ccc1C(CN)N1CCN(CC(C)C)CC1. The standard InChI is InChI=1S/C17H28ClN3/c1-13(2)12-20-6-8-21(9-7-20)17(11-19)16-5-4-15(18)10-14(16)3/h4-5,10,13,17H,6-9,11-12,19H2,1-3H3. The Morgan fingerprint density at radius 2 is 1.86 bits per heavy atom. The number of benzene rings is 1. The fourth-order valence-corrected chi connectivity index (χ4v) is 3.49. The van der Waals surface area contributed by atoms with Crippen molar-refractivity contribution >= 4 is 11.6 Å². The Labute approximate surface area is 134 Å². The van der Waals surface area contributed by atoms with Gasteiger partial charge in [0, 0.05) is 50.3 Å². The number of hydrogen-bond donors (Lipinski definition) is 1. The Morgan fingerprint density at radius 3 is 2.38 bits per heavy atom. The highest BCUT2D eigenvalue weighted by atomic mass is 35.5. The van der Waals surface area contributed by atoms with Crippen LogP contribution >= 0.6 is 11.6 Å². The van der Waals surface area contributed by atoms with E-state index in [1.165, 1.54) is 17.7 Å². The minimum atomic E-state index is 0.309. The molecule has 0 radical (unpaired) electrons. The van der Waals surface area contributed by atoms with E-state index in [4.69, 9.17) is 17.3 Å². The van der Waals surface area contributed by atoms with E-state index in [2.05, 4.69) is 36.6 Å². The molecule has 0 amide bonds. The number of halogens is 1. The van der Waals surface area contributed by atoms with E-state index in [0.717, 1.165) is 37.1 Å². The molecule has 1 fully saturated rings. The first kappa shape index (κ1) is 16.8. The Morgan fingerprint density at radius 1 is 1.19 bits per heavy atom. The van der Waals surface area contributed by atoms with E-state index in [9.17, 15) is 0 Å². The van der Waals surface area contributed by atoms with Crippen LogP contribution in [0.3, 0.4) is 0 Å². The van der Waals surface area contributed by atoms with E-state index in [1.807, 2.05) is 12.1 Å². The maximum Gasteiger partial charge on any atom is 0.0474 e. The van der Waals surface area contributed by atoms with Gasteiger partial charge in [0.05, 0.1) is 0 Å². The molecular formula is C17H28ClN3. The molecule has 118 valence electrons. The first-order chi connectivity index (χ1) is 10.0. The molecule has 21 heavy (non-hydrogen) atoms. The zero-order valence-electron chi connectivity index (χ0n) is 13.5. The normalized spacial score (nSPS) is 19.1. The molecule has 2 rings (SSSR count). The second kappa shape index (κ2) is 7.59.